The van der Waals surface area contributed by atoms with Gasteiger partial charge < -0.3 is 25.2 Å². The number of hydrogen-bond acceptors (Lipinski definition) is 5. The van der Waals surface area contributed by atoms with Crippen LogP contribution in [0.25, 0.3) is 0 Å². The summed E-state index contributed by atoms with van der Waals surface area (Å²) < 4.78 is 10.4. The Kier molecular flexibility index (Phi) is 3.84. The van der Waals surface area contributed by atoms with Crippen molar-refractivity contribution in [3.05, 3.63) is 0 Å². The summed E-state index contributed by atoms with van der Waals surface area (Å²) in [7, 11) is 0. The molecule has 0 spiro atoms. The van der Waals surface area contributed by atoms with Gasteiger partial charge in [0.05, 0.1) is 32.3 Å². The van der Waals surface area contributed by atoms with Crippen molar-refractivity contribution in [1.82, 2.24) is 4.90 Å². The van der Waals surface area contributed by atoms with Gasteiger partial charge >= 0.3 is 5.97 Å². The highest BCUT2D eigenvalue weighted by molar-refractivity contribution is 5.87. The van der Waals surface area contributed by atoms with Gasteiger partial charge in [-0.05, 0) is 6.42 Å². The van der Waals surface area contributed by atoms with Crippen molar-refractivity contribution >= 4 is 11.9 Å². The number of carbonyl (C=O) groups is 2. The molecule has 0 aliphatic carbocycles. The molecular weight excluding hydrogens is 240 g/mol. The van der Waals surface area contributed by atoms with Crippen molar-refractivity contribution in [2.75, 3.05) is 33.0 Å². The van der Waals surface area contributed by atoms with E-state index in [1.807, 2.05) is 0 Å². The standard InChI is InChI=1S/C11H18N2O5/c12-11(1-3-18-7-11)10(16)13-2-4-17-6-8(13)5-9(14)15/h8H,1-7,12H2,(H,14,15). The quantitative estimate of drug-likeness (QED) is 0.659. The molecule has 2 saturated heterocycles. The Morgan fingerprint density at radius 1 is 1.39 bits per heavy atom. The topological polar surface area (TPSA) is 102 Å². The molecule has 2 unspecified atom stereocenters. The number of morpholine rings is 1. The Morgan fingerprint density at radius 3 is 2.78 bits per heavy atom. The number of nitrogens with two attached hydrogens (primary N) is 1. The molecule has 7 nitrogen and oxygen atoms in total. The van der Waals surface area contributed by atoms with Crippen LogP contribution < -0.4 is 5.73 Å². The fraction of sp³-hybridized carbons (Fsp3) is 0.818. The van der Waals surface area contributed by atoms with Gasteiger partial charge in [-0.1, -0.05) is 0 Å². The molecule has 0 radical (unpaired) electrons. The molecule has 7 heteroatoms. The molecule has 0 aromatic heterocycles. The molecule has 0 bridgehead atoms. The Hall–Kier alpha value is -1.18. The molecule has 3 N–H and O–H groups in total. The zero-order chi connectivity index (χ0) is 13.2. The number of amides is 1. The van der Waals surface area contributed by atoms with E-state index in [1.54, 1.807) is 0 Å². The summed E-state index contributed by atoms with van der Waals surface area (Å²) in [6.45, 7) is 1.71. The summed E-state index contributed by atoms with van der Waals surface area (Å²) in [4.78, 5) is 24.7. The second-order valence-electron chi connectivity index (χ2n) is 4.78. The third kappa shape index (κ3) is 2.63. The Morgan fingerprint density at radius 2 is 2.17 bits per heavy atom. The molecular formula is C11H18N2O5. The first-order valence-electron chi connectivity index (χ1n) is 6.00. The van der Waals surface area contributed by atoms with E-state index < -0.39 is 17.6 Å². The number of aliphatic carboxylic acids is 1. The number of carboxylic acids is 1. The molecule has 2 aliphatic rings. The molecule has 2 rings (SSSR count). The van der Waals surface area contributed by atoms with E-state index in [4.69, 9.17) is 20.3 Å². The third-order valence-corrected chi connectivity index (χ3v) is 3.38. The van der Waals surface area contributed by atoms with E-state index >= 15 is 0 Å². The lowest BCUT2D eigenvalue weighted by Crippen LogP contribution is -2.61. The number of hydrogen-bond donors (Lipinski definition) is 2. The average molecular weight is 258 g/mol. The van der Waals surface area contributed by atoms with Gasteiger partial charge in [0.2, 0.25) is 5.91 Å². The first-order valence-corrected chi connectivity index (χ1v) is 6.00. The number of nitrogens with zero attached hydrogens (tertiary/aromatic N) is 1. The number of ether oxygens (including phenoxy) is 2. The van der Waals surface area contributed by atoms with Crippen LogP contribution >= 0.6 is 0 Å². The lowest BCUT2D eigenvalue weighted by atomic mass is 9.96. The van der Waals surface area contributed by atoms with Gasteiger partial charge in [0.1, 0.15) is 5.54 Å². The first-order chi connectivity index (χ1) is 8.53. The van der Waals surface area contributed by atoms with Gasteiger partial charge in [-0.3, -0.25) is 9.59 Å². The Balaban J connectivity index is 2.08. The number of carboxylic acid groups (broad SMARTS) is 1. The second-order valence-corrected chi connectivity index (χ2v) is 4.78. The van der Waals surface area contributed by atoms with Crippen LogP contribution in [0.5, 0.6) is 0 Å². The average Bonchev–Trinajstić information content (AvgIpc) is 2.76. The lowest BCUT2D eigenvalue weighted by molar-refractivity contribution is -0.150. The summed E-state index contributed by atoms with van der Waals surface area (Å²) in [6.07, 6.45) is 0.353. The first kappa shape index (κ1) is 13.3. The van der Waals surface area contributed by atoms with Crippen molar-refractivity contribution in [2.24, 2.45) is 5.73 Å². The highest BCUT2D eigenvalue weighted by Gasteiger charge is 2.43. The molecule has 2 heterocycles. The molecule has 102 valence electrons. The van der Waals surface area contributed by atoms with Crippen LogP contribution in [0.1, 0.15) is 12.8 Å². The highest BCUT2D eigenvalue weighted by Crippen LogP contribution is 2.22. The smallest absolute Gasteiger partial charge is 0.305 e. The summed E-state index contributed by atoms with van der Waals surface area (Å²) in [5.74, 6) is -1.17. The third-order valence-electron chi connectivity index (χ3n) is 3.38. The lowest BCUT2D eigenvalue weighted by Gasteiger charge is -2.38. The number of carbonyl (C=O) groups excluding carboxylic acids is 1. The minimum atomic E-state index is -1.01. The largest absolute Gasteiger partial charge is 0.481 e. The van der Waals surface area contributed by atoms with Crippen LogP contribution in [-0.4, -0.2) is 66.4 Å². The predicted octanol–water partition coefficient (Wildman–Crippen LogP) is -1.19. The summed E-state index contributed by atoms with van der Waals surface area (Å²) in [5, 5.41) is 8.85. The van der Waals surface area contributed by atoms with Crippen LogP contribution in [0.3, 0.4) is 0 Å². The van der Waals surface area contributed by atoms with Crippen molar-refractivity contribution in [3.63, 3.8) is 0 Å². The predicted molar refractivity (Wildman–Crippen MR) is 60.9 cm³/mol. The molecule has 1 amide bonds. The minimum Gasteiger partial charge on any atom is -0.481 e. The monoisotopic (exact) mass is 258 g/mol. The van der Waals surface area contributed by atoms with Crippen molar-refractivity contribution in [2.45, 2.75) is 24.4 Å². The summed E-state index contributed by atoms with van der Waals surface area (Å²) in [6, 6.07) is -0.440. The van der Waals surface area contributed by atoms with E-state index in [1.165, 1.54) is 4.90 Å². The molecule has 18 heavy (non-hydrogen) atoms. The molecule has 0 aromatic carbocycles. The maximum atomic E-state index is 12.4. The van der Waals surface area contributed by atoms with Crippen LogP contribution in [0.4, 0.5) is 0 Å². The van der Waals surface area contributed by atoms with Gasteiger partial charge in [-0.25, -0.2) is 0 Å². The second kappa shape index (κ2) is 5.21. The minimum absolute atomic E-state index is 0.122. The van der Waals surface area contributed by atoms with Crippen molar-refractivity contribution < 1.29 is 24.2 Å². The zero-order valence-corrected chi connectivity index (χ0v) is 10.1. The Bertz CT molecular complexity index is 340. The van der Waals surface area contributed by atoms with E-state index in [-0.39, 0.29) is 25.5 Å². The van der Waals surface area contributed by atoms with Gasteiger partial charge in [0.15, 0.2) is 0 Å². The van der Waals surface area contributed by atoms with Crippen LogP contribution in [-0.2, 0) is 19.1 Å². The fourth-order valence-corrected chi connectivity index (χ4v) is 2.33. The van der Waals surface area contributed by atoms with Crippen molar-refractivity contribution in [3.8, 4) is 0 Å². The van der Waals surface area contributed by atoms with Crippen LogP contribution in [0.2, 0.25) is 0 Å². The maximum Gasteiger partial charge on any atom is 0.305 e. The van der Waals surface area contributed by atoms with Gasteiger partial charge in [0, 0.05) is 13.2 Å². The highest BCUT2D eigenvalue weighted by atomic mass is 16.5. The van der Waals surface area contributed by atoms with Gasteiger partial charge in [0.25, 0.3) is 0 Å². The SMILES string of the molecule is NC1(C(=O)N2CCOCC2CC(=O)O)CCOC1. The van der Waals surface area contributed by atoms with Crippen LogP contribution in [0.15, 0.2) is 0 Å². The van der Waals surface area contributed by atoms with E-state index in [2.05, 4.69) is 0 Å². The number of rotatable bonds is 3. The molecule has 0 aromatic rings. The molecule has 2 atom stereocenters. The molecule has 2 fully saturated rings. The maximum absolute atomic E-state index is 12.4. The van der Waals surface area contributed by atoms with E-state index in [9.17, 15) is 9.59 Å². The van der Waals surface area contributed by atoms with Crippen molar-refractivity contribution in [1.29, 1.82) is 0 Å². The zero-order valence-electron chi connectivity index (χ0n) is 10.1. The normalized spacial score (nSPS) is 32.5. The fourth-order valence-electron chi connectivity index (χ4n) is 2.33. The summed E-state index contributed by atoms with van der Waals surface area (Å²) in [5.41, 5.74) is 5.02. The summed E-state index contributed by atoms with van der Waals surface area (Å²) >= 11 is 0. The van der Waals surface area contributed by atoms with E-state index in [0.29, 0.717) is 26.2 Å². The Labute approximate surface area is 105 Å². The van der Waals surface area contributed by atoms with Gasteiger partial charge in [-0.15, -0.1) is 0 Å². The van der Waals surface area contributed by atoms with E-state index in [0.717, 1.165) is 0 Å². The van der Waals surface area contributed by atoms with Gasteiger partial charge in [-0.2, -0.15) is 0 Å². The molecule has 0 saturated carbocycles. The van der Waals surface area contributed by atoms with Crippen LogP contribution in [0, 0.1) is 0 Å². The molecule has 2 aliphatic heterocycles.